The van der Waals surface area contributed by atoms with Crippen molar-refractivity contribution in [2.45, 2.75) is 31.7 Å². The number of nitrogens with one attached hydrogen (secondary N) is 1. The second-order valence-corrected chi connectivity index (χ2v) is 7.37. The maximum atomic E-state index is 12.5. The summed E-state index contributed by atoms with van der Waals surface area (Å²) in [5.74, 6) is 0.845. The normalized spacial score (nSPS) is 15.9. The first-order chi connectivity index (χ1) is 13.2. The fraction of sp³-hybridized carbons (Fsp3) is 0.409. The maximum Gasteiger partial charge on any atom is 0.224 e. The number of carbonyl (C=O) groups excluding carboxylic acids is 1. The molecule has 5 heteroatoms. The molecule has 1 heterocycles. The van der Waals surface area contributed by atoms with Gasteiger partial charge in [0.2, 0.25) is 5.91 Å². The lowest BCUT2D eigenvalue weighted by Gasteiger charge is -2.35. The summed E-state index contributed by atoms with van der Waals surface area (Å²) in [6.45, 7) is 2.73. The number of halogens is 1. The fourth-order valence-corrected chi connectivity index (χ4v) is 3.80. The molecule has 2 aromatic carbocycles. The number of amides is 1. The maximum absolute atomic E-state index is 12.5. The molecule has 0 spiro atoms. The predicted octanol–water partition coefficient (Wildman–Crippen LogP) is 4.23. The van der Waals surface area contributed by atoms with E-state index in [0.29, 0.717) is 18.0 Å². The molecule has 0 unspecified atom stereocenters. The Bertz CT molecular complexity index is 742. The molecule has 1 atom stereocenters. The largest absolute Gasteiger partial charge is 0.497 e. The van der Waals surface area contributed by atoms with E-state index < -0.39 is 0 Å². The van der Waals surface area contributed by atoms with Crippen LogP contribution in [0.2, 0.25) is 5.02 Å². The van der Waals surface area contributed by atoms with Gasteiger partial charge in [-0.25, -0.2) is 0 Å². The number of ether oxygens (including phenoxy) is 1. The highest BCUT2D eigenvalue weighted by Gasteiger charge is 2.23. The van der Waals surface area contributed by atoms with Crippen LogP contribution in [0.4, 0.5) is 0 Å². The molecule has 1 aliphatic heterocycles. The van der Waals surface area contributed by atoms with Gasteiger partial charge in [-0.15, -0.1) is 0 Å². The first-order valence-electron chi connectivity index (χ1n) is 9.55. The van der Waals surface area contributed by atoms with Crippen molar-refractivity contribution in [2.75, 3.05) is 26.7 Å². The Labute approximate surface area is 166 Å². The van der Waals surface area contributed by atoms with Gasteiger partial charge in [0, 0.05) is 11.6 Å². The summed E-state index contributed by atoms with van der Waals surface area (Å²) in [7, 11) is 1.67. The molecule has 1 aliphatic rings. The van der Waals surface area contributed by atoms with Gasteiger partial charge in [-0.3, -0.25) is 9.69 Å². The van der Waals surface area contributed by atoms with Gasteiger partial charge in [0.25, 0.3) is 0 Å². The van der Waals surface area contributed by atoms with Crippen molar-refractivity contribution in [2.24, 2.45) is 0 Å². The average molecular weight is 387 g/mol. The molecule has 1 N–H and O–H groups in total. The molecule has 1 saturated heterocycles. The van der Waals surface area contributed by atoms with Gasteiger partial charge in [-0.2, -0.15) is 0 Å². The minimum absolute atomic E-state index is 0.00128. The molecule has 0 aromatic heterocycles. The molecule has 0 saturated carbocycles. The molecule has 0 radical (unpaired) electrons. The lowest BCUT2D eigenvalue weighted by Crippen LogP contribution is -2.41. The van der Waals surface area contributed by atoms with Crippen molar-refractivity contribution in [3.8, 4) is 5.75 Å². The minimum atomic E-state index is -0.00128. The monoisotopic (exact) mass is 386 g/mol. The van der Waals surface area contributed by atoms with Gasteiger partial charge in [0.1, 0.15) is 5.75 Å². The zero-order valence-corrected chi connectivity index (χ0v) is 16.5. The van der Waals surface area contributed by atoms with Crippen LogP contribution in [-0.2, 0) is 11.2 Å². The second-order valence-electron chi connectivity index (χ2n) is 6.96. The summed E-state index contributed by atoms with van der Waals surface area (Å²) in [5, 5.41) is 3.75. The SMILES string of the molecule is COc1ccc([C@@H](CNC(=O)Cc2ccccc2Cl)N2CCCCC2)cc1. The van der Waals surface area contributed by atoms with E-state index in [0.717, 1.165) is 24.4 Å². The van der Waals surface area contributed by atoms with E-state index >= 15 is 0 Å². The van der Waals surface area contributed by atoms with Crippen LogP contribution in [0.3, 0.4) is 0 Å². The second kappa shape index (κ2) is 9.77. The molecule has 2 aromatic rings. The fourth-order valence-electron chi connectivity index (χ4n) is 3.60. The van der Waals surface area contributed by atoms with Gasteiger partial charge in [0.15, 0.2) is 0 Å². The van der Waals surface area contributed by atoms with Crippen molar-refractivity contribution >= 4 is 17.5 Å². The van der Waals surface area contributed by atoms with Gasteiger partial charge in [-0.05, 0) is 55.3 Å². The average Bonchev–Trinajstić information content (AvgIpc) is 2.71. The zero-order valence-electron chi connectivity index (χ0n) is 15.8. The number of hydrogen-bond acceptors (Lipinski definition) is 3. The number of likely N-dealkylation sites (tertiary alicyclic amines) is 1. The van der Waals surface area contributed by atoms with E-state index in [1.165, 1.54) is 24.8 Å². The van der Waals surface area contributed by atoms with Crippen molar-refractivity contribution < 1.29 is 9.53 Å². The number of rotatable bonds is 7. The number of hydrogen-bond donors (Lipinski definition) is 1. The van der Waals surface area contributed by atoms with Crippen molar-refractivity contribution in [3.05, 3.63) is 64.7 Å². The summed E-state index contributed by atoms with van der Waals surface area (Å²) in [4.78, 5) is 14.9. The van der Waals surface area contributed by atoms with Crippen molar-refractivity contribution in [1.29, 1.82) is 0 Å². The van der Waals surface area contributed by atoms with Crippen molar-refractivity contribution in [1.82, 2.24) is 10.2 Å². The Morgan fingerprint density at radius 2 is 1.81 bits per heavy atom. The minimum Gasteiger partial charge on any atom is -0.497 e. The van der Waals surface area contributed by atoms with Crippen LogP contribution in [0.5, 0.6) is 5.75 Å². The molecule has 144 valence electrons. The van der Waals surface area contributed by atoms with Crippen LogP contribution in [-0.4, -0.2) is 37.6 Å². The van der Waals surface area contributed by atoms with Crippen LogP contribution in [0, 0.1) is 0 Å². The molecule has 0 bridgehead atoms. The van der Waals surface area contributed by atoms with E-state index in [1.54, 1.807) is 7.11 Å². The summed E-state index contributed by atoms with van der Waals surface area (Å²) >= 11 is 6.18. The van der Waals surface area contributed by atoms with E-state index in [-0.39, 0.29) is 11.9 Å². The smallest absolute Gasteiger partial charge is 0.224 e. The molecular formula is C22H27ClN2O2. The van der Waals surface area contributed by atoms with Gasteiger partial charge in [-0.1, -0.05) is 48.4 Å². The van der Waals surface area contributed by atoms with Crippen LogP contribution in [0.15, 0.2) is 48.5 Å². The standard InChI is InChI=1S/C22H27ClN2O2/c1-27-19-11-9-17(10-12-19)21(25-13-5-2-6-14-25)16-24-22(26)15-18-7-3-4-8-20(18)23/h3-4,7-12,21H,2,5-6,13-16H2,1H3,(H,24,26)/t21-/m1/s1. The summed E-state index contributed by atoms with van der Waals surface area (Å²) in [5.41, 5.74) is 2.06. The summed E-state index contributed by atoms with van der Waals surface area (Å²) in [6, 6.07) is 15.8. The van der Waals surface area contributed by atoms with Crippen LogP contribution >= 0.6 is 11.6 Å². The predicted molar refractivity (Wildman–Crippen MR) is 109 cm³/mol. The summed E-state index contributed by atoms with van der Waals surface area (Å²) < 4.78 is 5.27. The molecule has 1 amide bonds. The lowest BCUT2D eigenvalue weighted by atomic mass is 10.0. The Kier molecular flexibility index (Phi) is 7.13. The third-order valence-corrected chi connectivity index (χ3v) is 5.50. The first-order valence-corrected chi connectivity index (χ1v) is 9.93. The van der Waals surface area contributed by atoms with Crippen LogP contribution < -0.4 is 10.1 Å². The van der Waals surface area contributed by atoms with Crippen molar-refractivity contribution in [3.63, 3.8) is 0 Å². The molecule has 1 fully saturated rings. The molecule has 4 nitrogen and oxygen atoms in total. The summed E-state index contributed by atoms with van der Waals surface area (Å²) in [6.07, 6.45) is 4.00. The van der Waals surface area contributed by atoms with E-state index in [1.807, 2.05) is 36.4 Å². The third-order valence-electron chi connectivity index (χ3n) is 5.13. The highest BCUT2D eigenvalue weighted by atomic mass is 35.5. The highest BCUT2D eigenvalue weighted by Crippen LogP contribution is 2.26. The third kappa shape index (κ3) is 5.47. The number of methoxy groups -OCH3 is 1. The number of benzene rings is 2. The van der Waals surface area contributed by atoms with E-state index in [2.05, 4.69) is 22.3 Å². The molecular weight excluding hydrogens is 360 g/mol. The van der Waals surface area contributed by atoms with Crippen LogP contribution in [0.25, 0.3) is 0 Å². The Hall–Kier alpha value is -2.04. The molecule has 0 aliphatic carbocycles. The topological polar surface area (TPSA) is 41.6 Å². The quantitative estimate of drug-likeness (QED) is 0.774. The lowest BCUT2D eigenvalue weighted by molar-refractivity contribution is -0.120. The zero-order chi connectivity index (χ0) is 19.1. The molecule has 3 rings (SSSR count). The number of piperidine rings is 1. The van der Waals surface area contributed by atoms with Gasteiger partial charge < -0.3 is 10.1 Å². The Morgan fingerprint density at radius 3 is 2.48 bits per heavy atom. The Morgan fingerprint density at radius 1 is 1.11 bits per heavy atom. The number of nitrogens with zero attached hydrogens (tertiary/aromatic N) is 1. The van der Waals surface area contributed by atoms with Gasteiger partial charge >= 0.3 is 0 Å². The van der Waals surface area contributed by atoms with Gasteiger partial charge in [0.05, 0.1) is 19.6 Å². The molecule has 27 heavy (non-hydrogen) atoms. The van der Waals surface area contributed by atoms with Crippen LogP contribution in [0.1, 0.15) is 36.4 Å². The first kappa shape index (κ1) is 19.7. The van der Waals surface area contributed by atoms with E-state index in [4.69, 9.17) is 16.3 Å². The Balaban J connectivity index is 1.67. The number of carbonyl (C=O) groups is 1. The van der Waals surface area contributed by atoms with E-state index in [9.17, 15) is 4.79 Å². The highest BCUT2D eigenvalue weighted by molar-refractivity contribution is 6.31.